The van der Waals surface area contributed by atoms with Gasteiger partial charge in [0.05, 0.1) is 0 Å². The topological polar surface area (TPSA) is 55.1 Å². The monoisotopic (exact) mass is 233 g/mol. The summed E-state index contributed by atoms with van der Waals surface area (Å²) in [5.41, 5.74) is 1.86. The molecule has 0 fully saturated rings. The number of aryl methyl sites for hydroxylation is 2. The third-order valence-corrected chi connectivity index (χ3v) is 2.66. The van der Waals surface area contributed by atoms with Crippen molar-refractivity contribution in [2.45, 2.75) is 40.2 Å². The van der Waals surface area contributed by atoms with E-state index in [1.54, 1.807) is 0 Å². The summed E-state index contributed by atoms with van der Waals surface area (Å²) >= 11 is 0. The lowest BCUT2D eigenvalue weighted by molar-refractivity contribution is 0.580. The largest absolute Gasteiger partial charge is 0.314 e. The first-order chi connectivity index (χ1) is 8.08. The molecular formula is C12H19N5. The fourth-order valence-corrected chi connectivity index (χ4v) is 1.94. The van der Waals surface area contributed by atoms with E-state index < -0.39 is 0 Å². The maximum Gasteiger partial charge on any atom is 0.164 e. The second-order valence-corrected chi connectivity index (χ2v) is 4.61. The van der Waals surface area contributed by atoms with E-state index in [1.807, 2.05) is 24.3 Å². The Bertz CT molecular complexity index is 515. The molecule has 2 aromatic heterocycles. The highest BCUT2D eigenvalue weighted by molar-refractivity contribution is 5.39. The van der Waals surface area contributed by atoms with Gasteiger partial charge in [-0.2, -0.15) is 0 Å². The van der Waals surface area contributed by atoms with Gasteiger partial charge in [0, 0.05) is 30.8 Å². The second-order valence-electron chi connectivity index (χ2n) is 4.61. The van der Waals surface area contributed by atoms with Gasteiger partial charge < -0.3 is 5.32 Å². The van der Waals surface area contributed by atoms with Gasteiger partial charge in [-0.25, -0.2) is 4.98 Å². The minimum atomic E-state index is 0.496. The quantitative estimate of drug-likeness (QED) is 0.864. The van der Waals surface area contributed by atoms with Gasteiger partial charge in [0.15, 0.2) is 5.65 Å². The van der Waals surface area contributed by atoms with Gasteiger partial charge in [0.25, 0.3) is 0 Å². The van der Waals surface area contributed by atoms with Gasteiger partial charge in [0.2, 0.25) is 0 Å². The van der Waals surface area contributed by atoms with E-state index in [4.69, 9.17) is 0 Å². The van der Waals surface area contributed by atoms with Crippen LogP contribution in [0.3, 0.4) is 0 Å². The molecule has 0 spiro atoms. The Morgan fingerprint density at radius 2 is 2.06 bits per heavy atom. The molecule has 0 amide bonds. The summed E-state index contributed by atoms with van der Waals surface area (Å²) in [4.78, 5) is 4.44. The number of fused-ring (bicyclic) bond motifs is 1. The molecule has 0 unspecified atom stereocenters. The van der Waals surface area contributed by atoms with E-state index in [2.05, 4.69) is 34.3 Å². The SMILES string of the molecule is Cc1cc2nnc(CCNC(C)C)n2c(C)n1. The highest BCUT2D eigenvalue weighted by Crippen LogP contribution is 2.08. The molecule has 0 bridgehead atoms. The second kappa shape index (κ2) is 4.79. The summed E-state index contributed by atoms with van der Waals surface area (Å²) in [5.74, 6) is 1.92. The molecule has 0 saturated heterocycles. The maximum atomic E-state index is 4.44. The fourth-order valence-electron chi connectivity index (χ4n) is 1.94. The van der Waals surface area contributed by atoms with Crippen molar-refractivity contribution in [3.05, 3.63) is 23.4 Å². The summed E-state index contributed by atoms with van der Waals surface area (Å²) in [7, 11) is 0. The molecule has 2 aromatic rings. The fraction of sp³-hybridized carbons (Fsp3) is 0.583. The molecule has 5 heteroatoms. The maximum absolute atomic E-state index is 4.44. The number of nitrogens with one attached hydrogen (secondary N) is 1. The molecule has 0 aromatic carbocycles. The van der Waals surface area contributed by atoms with E-state index in [0.717, 1.165) is 36.0 Å². The predicted molar refractivity (Wildman–Crippen MR) is 67.1 cm³/mol. The Kier molecular flexibility index (Phi) is 3.38. The van der Waals surface area contributed by atoms with Gasteiger partial charge in [-0.1, -0.05) is 13.8 Å². The van der Waals surface area contributed by atoms with Crippen molar-refractivity contribution in [3.63, 3.8) is 0 Å². The van der Waals surface area contributed by atoms with Crippen molar-refractivity contribution in [2.75, 3.05) is 6.54 Å². The standard InChI is InChI=1S/C12H19N5/c1-8(2)13-6-5-11-15-16-12-7-9(3)14-10(4)17(11)12/h7-8,13H,5-6H2,1-4H3. The lowest BCUT2D eigenvalue weighted by atomic mass is 10.3. The first-order valence-electron chi connectivity index (χ1n) is 5.99. The minimum absolute atomic E-state index is 0.496. The summed E-state index contributed by atoms with van der Waals surface area (Å²) < 4.78 is 2.02. The van der Waals surface area contributed by atoms with Crippen molar-refractivity contribution >= 4 is 5.65 Å². The van der Waals surface area contributed by atoms with Crippen LogP contribution < -0.4 is 5.32 Å². The third-order valence-electron chi connectivity index (χ3n) is 2.66. The Morgan fingerprint density at radius 3 is 2.76 bits per heavy atom. The molecule has 2 heterocycles. The Morgan fingerprint density at radius 1 is 1.29 bits per heavy atom. The van der Waals surface area contributed by atoms with Crippen molar-refractivity contribution in [2.24, 2.45) is 0 Å². The van der Waals surface area contributed by atoms with E-state index in [1.165, 1.54) is 0 Å². The van der Waals surface area contributed by atoms with E-state index in [0.29, 0.717) is 6.04 Å². The smallest absolute Gasteiger partial charge is 0.164 e. The van der Waals surface area contributed by atoms with Crippen LogP contribution in [0, 0.1) is 13.8 Å². The highest BCUT2D eigenvalue weighted by atomic mass is 15.3. The summed E-state index contributed by atoms with van der Waals surface area (Å²) in [6.07, 6.45) is 0.866. The van der Waals surface area contributed by atoms with Crippen LogP contribution in [0.5, 0.6) is 0 Å². The van der Waals surface area contributed by atoms with Gasteiger partial charge in [0.1, 0.15) is 11.6 Å². The van der Waals surface area contributed by atoms with Gasteiger partial charge >= 0.3 is 0 Å². The molecule has 0 aliphatic rings. The van der Waals surface area contributed by atoms with Crippen molar-refractivity contribution < 1.29 is 0 Å². The number of aromatic nitrogens is 4. The molecule has 0 aliphatic carbocycles. The van der Waals surface area contributed by atoms with Crippen LogP contribution in [0.25, 0.3) is 5.65 Å². The molecule has 0 saturated carbocycles. The van der Waals surface area contributed by atoms with Crippen LogP contribution in [0.15, 0.2) is 6.07 Å². The Hall–Kier alpha value is -1.49. The zero-order valence-electron chi connectivity index (χ0n) is 10.9. The first-order valence-corrected chi connectivity index (χ1v) is 5.99. The Labute approximate surface area is 101 Å². The summed E-state index contributed by atoms with van der Waals surface area (Å²) in [6.45, 7) is 9.15. The number of hydrogen-bond donors (Lipinski definition) is 1. The van der Waals surface area contributed by atoms with Crippen LogP contribution >= 0.6 is 0 Å². The Balaban J connectivity index is 2.24. The van der Waals surface area contributed by atoms with Crippen LogP contribution in [0.4, 0.5) is 0 Å². The zero-order chi connectivity index (χ0) is 12.4. The molecule has 1 N–H and O–H groups in total. The van der Waals surface area contributed by atoms with Gasteiger partial charge in [-0.05, 0) is 13.8 Å². The molecule has 17 heavy (non-hydrogen) atoms. The predicted octanol–water partition coefficient (Wildman–Crippen LogP) is 1.28. The minimum Gasteiger partial charge on any atom is -0.314 e. The van der Waals surface area contributed by atoms with E-state index in [-0.39, 0.29) is 0 Å². The molecule has 0 atom stereocenters. The highest BCUT2D eigenvalue weighted by Gasteiger charge is 2.08. The normalized spacial score (nSPS) is 11.6. The molecule has 0 aliphatic heterocycles. The van der Waals surface area contributed by atoms with Crippen molar-refractivity contribution in [1.29, 1.82) is 0 Å². The molecule has 0 radical (unpaired) electrons. The van der Waals surface area contributed by atoms with Crippen molar-refractivity contribution in [1.82, 2.24) is 24.9 Å². The van der Waals surface area contributed by atoms with Crippen LogP contribution in [-0.2, 0) is 6.42 Å². The van der Waals surface area contributed by atoms with Crippen LogP contribution in [0.2, 0.25) is 0 Å². The third kappa shape index (κ3) is 2.61. The number of nitrogens with zero attached hydrogens (tertiary/aromatic N) is 4. The van der Waals surface area contributed by atoms with Crippen LogP contribution in [-0.4, -0.2) is 32.2 Å². The first kappa shape index (κ1) is 12.0. The summed E-state index contributed by atoms with van der Waals surface area (Å²) in [6, 6.07) is 2.45. The van der Waals surface area contributed by atoms with Crippen molar-refractivity contribution in [3.8, 4) is 0 Å². The lowest BCUT2D eigenvalue weighted by Crippen LogP contribution is -2.25. The van der Waals surface area contributed by atoms with E-state index in [9.17, 15) is 0 Å². The van der Waals surface area contributed by atoms with E-state index >= 15 is 0 Å². The molecule has 5 nitrogen and oxygen atoms in total. The number of rotatable bonds is 4. The number of hydrogen-bond acceptors (Lipinski definition) is 4. The molecule has 92 valence electrons. The zero-order valence-corrected chi connectivity index (χ0v) is 10.9. The van der Waals surface area contributed by atoms with Crippen LogP contribution in [0.1, 0.15) is 31.2 Å². The average Bonchev–Trinajstić information content (AvgIpc) is 2.60. The molecular weight excluding hydrogens is 214 g/mol. The van der Waals surface area contributed by atoms with Gasteiger partial charge in [-0.15, -0.1) is 10.2 Å². The van der Waals surface area contributed by atoms with Gasteiger partial charge in [-0.3, -0.25) is 4.40 Å². The summed E-state index contributed by atoms with van der Waals surface area (Å²) in [5, 5.41) is 11.8. The molecule has 2 rings (SSSR count). The average molecular weight is 233 g/mol. The lowest BCUT2D eigenvalue weighted by Gasteiger charge is -2.07.